The highest BCUT2D eigenvalue weighted by atomic mass is 127. The summed E-state index contributed by atoms with van der Waals surface area (Å²) in [6.07, 6.45) is 2.19. The first-order valence-corrected chi connectivity index (χ1v) is 11.4. The zero-order valence-electron chi connectivity index (χ0n) is 16.5. The molecule has 7 heteroatoms. The number of aryl methyl sites for hydroxylation is 2. The zero-order valence-corrected chi connectivity index (χ0v) is 20.8. The van der Waals surface area contributed by atoms with Crippen LogP contribution in [0.4, 0.5) is 5.69 Å². The van der Waals surface area contributed by atoms with Crippen LogP contribution in [0.1, 0.15) is 25.0 Å². The molecular weight excluding hydrogens is 580 g/mol. The van der Waals surface area contributed by atoms with Crippen LogP contribution in [0, 0.1) is 21.0 Å². The Bertz CT molecular complexity index is 843. The van der Waals surface area contributed by atoms with E-state index in [1.807, 2.05) is 25.1 Å². The third-order valence-corrected chi connectivity index (χ3v) is 5.67. The number of nitrogens with zero attached hydrogens (tertiary/aromatic N) is 2. The minimum absolute atomic E-state index is 0.217. The maximum absolute atomic E-state index is 6.13. The first-order chi connectivity index (χ1) is 13.3. The number of halogens is 2. The molecule has 1 aliphatic heterocycles. The van der Waals surface area contributed by atoms with E-state index < -0.39 is 0 Å². The smallest absolute Gasteiger partial charge is 0.130 e. The molecule has 1 aliphatic rings. The van der Waals surface area contributed by atoms with Gasteiger partial charge in [-0.1, -0.05) is 0 Å². The van der Waals surface area contributed by atoms with E-state index in [0.29, 0.717) is 0 Å². The molecule has 28 heavy (non-hydrogen) atoms. The SMILES string of the molecule is Cc1cc(Oc2cc(I)cc(I)c2)c(C)cc1N=CNN1CC(C)OC(C)C1. The molecule has 0 spiro atoms. The second-order valence-electron chi connectivity index (χ2n) is 7.16. The lowest BCUT2D eigenvalue weighted by Gasteiger charge is -2.34. The maximum Gasteiger partial charge on any atom is 0.130 e. The molecule has 1 fully saturated rings. The Kier molecular flexibility index (Phi) is 7.57. The minimum atomic E-state index is 0.217. The molecule has 2 aromatic rings. The summed E-state index contributed by atoms with van der Waals surface area (Å²) in [6.45, 7) is 9.96. The number of nitrogens with one attached hydrogen (secondary N) is 1. The van der Waals surface area contributed by atoms with E-state index in [2.05, 4.69) is 93.5 Å². The summed E-state index contributed by atoms with van der Waals surface area (Å²) in [4.78, 5) is 4.61. The number of benzene rings is 2. The average molecular weight is 605 g/mol. The molecule has 2 atom stereocenters. The van der Waals surface area contributed by atoms with Gasteiger partial charge in [-0.05, 0) is 114 Å². The largest absolute Gasteiger partial charge is 0.457 e. The van der Waals surface area contributed by atoms with E-state index in [-0.39, 0.29) is 12.2 Å². The standard InChI is InChI=1S/C21H25I2N3O2/c1-13-6-21(28-19-8-17(22)7-18(23)9-19)14(2)5-20(13)24-12-25-26-10-15(3)27-16(4)11-26/h5-9,12,15-16H,10-11H2,1-4H3,(H,24,25). The highest BCUT2D eigenvalue weighted by molar-refractivity contribution is 14.1. The molecule has 1 N–H and O–H groups in total. The summed E-state index contributed by atoms with van der Waals surface area (Å²) in [5.74, 6) is 1.71. The van der Waals surface area contributed by atoms with Gasteiger partial charge in [0, 0.05) is 20.2 Å². The van der Waals surface area contributed by atoms with Gasteiger partial charge in [0.25, 0.3) is 0 Å². The second kappa shape index (κ2) is 9.73. The van der Waals surface area contributed by atoms with Gasteiger partial charge in [-0.15, -0.1) is 0 Å². The molecule has 5 nitrogen and oxygen atoms in total. The normalized spacial score (nSPS) is 20.5. The first-order valence-electron chi connectivity index (χ1n) is 9.24. The highest BCUT2D eigenvalue weighted by Crippen LogP contribution is 2.32. The van der Waals surface area contributed by atoms with Crippen LogP contribution in [0.3, 0.4) is 0 Å². The molecule has 1 heterocycles. The van der Waals surface area contributed by atoms with Crippen molar-refractivity contribution in [2.45, 2.75) is 39.9 Å². The van der Waals surface area contributed by atoms with Crippen molar-refractivity contribution in [3.8, 4) is 11.5 Å². The van der Waals surface area contributed by atoms with Crippen LogP contribution >= 0.6 is 45.2 Å². The van der Waals surface area contributed by atoms with Gasteiger partial charge >= 0.3 is 0 Å². The minimum Gasteiger partial charge on any atom is -0.457 e. The summed E-state index contributed by atoms with van der Waals surface area (Å²) in [6, 6.07) is 10.3. The van der Waals surface area contributed by atoms with Crippen molar-refractivity contribution in [2.24, 2.45) is 4.99 Å². The Balaban J connectivity index is 1.69. The van der Waals surface area contributed by atoms with Crippen molar-refractivity contribution in [3.05, 3.63) is 48.6 Å². The number of aliphatic imine (C=N–C) groups is 1. The van der Waals surface area contributed by atoms with Crippen molar-refractivity contribution in [3.63, 3.8) is 0 Å². The average Bonchev–Trinajstić information content (AvgIpc) is 2.57. The molecule has 1 saturated heterocycles. The predicted octanol–water partition coefficient (Wildman–Crippen LogP) is 5.58. The van der Waals surface area contributed by atoms with Crippen molar-refractivity contribution in [2.75, 3.05) is 13.1 Å². The molecule has 0 aromatic heterocycles. The number of hydrogen-bond acceptors (Lipinski definition) is 4. The van der Waals surface area contributed by atoms with Crippen molar-refractivity contribution in [1.29, 1.82) is 0 Å². The van der Waals surface area contributed by atoms with Crippen LogP contribution < -0.4 is 10.2 Å². The molecule has 150 valence electrons. The molecular formula is C21H25I2N3O2. The number of morpholine rings is 1. The third kappa shape index (κ3) is 6.04. The quantitative estimate of drug-likeness (QED) is 0.275. The summed E-state index contributed by atoms with van der Waals surface area (Å²) in [5.41, 5.74) is 6.34. The molecule has 2 aromatic carbocycles. The van der Waals surface area contributed by atoms with Crippen molar-refractivity contribution < 1.29 is 9.47 Å². The Morgan fingerprint density at radius 1 is 1.04 bits per heavy atom. The van der Waals surface area contributed by atoms with Crippen molar-refractivity contribution >= 4 is 57.2 Å². The van der Waals surface area contributed by atoms with Gasteiger partial charge < -0.3 is 14.9 Å². The number of rotatable bonds is 5. The van der Waals surface area contributed by atoms with Gasteiger partial charge in [0.1, 0.15) is 17.8 Å². The molecule has 0 bridgehead atoms. The van der Waals surface area contributed by atoms with E-state index in [4.69, 9.17) is 9.47 Å². The van der Waals surface area contributed by atoms with Gasteiger partial charge in [-0.25, -0.2) is 10.0 Å². The summed E-state index contributed by atoms with van der Waals surface area (Å²) in [5, 5.41) is 2.14. The number of hydrogen-bond donors (Lipinski definition) is 1. The lowest BCUT2D eigenvalue weighted by Crippen LogP contribution is -2.51. The maximum atomic E-state index is 6.13. The third-order valence-electron chi connectivity index (χ3n) is 4.42. The predicted molar refractivity (Wildman–Crippen MR) is 131 cm³/mol. The summed E-state index contributed by atoms with van der Waals surface area (Å²) >= 11 is 4.62. The van der Waals surface area contributed by atoms with Gasteiger partial charge in [0.15, 0.2) is 0 Å². The van der Waals surface area contributed by atoms with Gasteiger partial charge in [0.2, 0.25) is 0 Å². The fourth-order valence-corrected chi connectivity index (χ4v) is 5.08. The van der Waals surface area contributed by atoms with Gasteiger partial charge in [-0.3, -0.25) is 0 Å². The Hall–Kier alpha value is -0.910. The monoisotopic (exact) mass is 605 g/mol. The Labute approximate surface area is 194 Å². The van der Waals surface area contributed by atoms with Crippen LogP contribution in [0.25, 0.3) is 0 Å². The van der Waals surface area contributed by atoms with E-state index in [1.54, 1.807) is 6.34 Å². The van der Waals surface area contributed by atoms with Gasteiger partial charge in [0.05, 0.1) is 17.9 Å². The van der Waals surface area contributed by atoms with Crippen LogP contribution in [-0.2, 0) is 4.74 Å². The Morgan fingerprint density at radius 3 is 2.32 bits per heavy atom. The van der Waals surface area contributed by atoms with Crippen LogP contribution in [0.15, 0.2) is 35.3 Å². The van der Waals surface area contributed by atoms with E-state index in [9.17, 15) is 0 Å². The lowest BCUT2D eigenvalue weighted by molar-refractivity contribution is -0.0760. The summed E-state index contributed by atoms with van der Waals surface area (Å²) < 4.78 is 14.2. The molecule has 0 amide bonds. The molecule has 0 radical (unpaired) electrons. The van der Waals surface area contributed by atoms with Crippen LogP contribution in [-0.4, -0.2) is 36.6 Å². The molecule has 3 rings (SSSR count). The van der Waals surface area contributed by atoms with Crippen LogP contribution in [0.5, 0.6) is 11.5 Å². The fraction of sp³-hybridized carbons (Fsp3) is 0.381. The number of hydrazine groups is 1. The lowest BCUT2D eigenvalue weighted by atomic mass is 10.1. The van der Waals surface area contributed by atoms with Gasteiger partial charge in [-0.2, -0.15) is 0 Å². The van der Waals surface area contributed by atoms with Crippen LogP contribution in [0.2, 0.25) is 0 Å². The van der Waals surface area contributed by atoms with Crippen molar-refractivity contribution in [1.82, 2.24) is 10.4 Å². The Morgan fingerprint density at radius 2 is 1.68 bits per heavy atom. The highest BCUT2D eigenvalue weighted by Gasteiger charge is 2.21. The zero-order chi connectivity index (χ0) is 20.3. The van der Waals surface area contributed by atoms with E-state index >= 15 is 0 Å². The van der Waals surface area contributed by atoms with E-state index in [1.165, 1.54) is 0 Å². The second-order valence-corrected chi connectivity index (χ2v) is 9.65. The summed E-state index contributed by atoms with van der Waals surface area (Å²) in [7, 11) is 0. The topological polar surface area (TPSA) is 46.1 Å². The molecule has 0 saturated carbocycles. The fourth-order valence-electron chi connectivity index (χ4n) is 3.20. The number of ether oxygens (including phenoxy) is 2. The molecule has 0 aliphatic carbocycles. The first kappa shape index (κ1) is 21.8. The molecule has 2 unspecified atom stereocenters. The van der Waals surface area contributed by atoms with E-state index in [0.717, 1.165) is 48.5 Å².